The quantitative estimate of drug-likeness (QED) is 0.895. The van der Waals surface area contributed by atoms with Crippen LogP contribution in [0.3, 0.4) is 0 Å². The second-order valence-electron chi connectivity index (χ2n) is 4.37. The number of benzene rings is 1. The molecule has 4 heteroatoms. The van der Waals surface area contributed by atoms with Crippen molar-refractivity contribution in [2.75, 3.05) is 13.7 Å². The van der Waals surface area contributed by atoms with Crippen LogP contribution in [0.5, 0.6) is 5.75 Å². The number of hydrogen-bond acceptors (Lipinski definition) is 3. The maximum absolute atomic E-state index is 5.65. The van der Waals surface area contributed by atoms with Crippen molar-refractivity contribution in [2.45, 2.75) is 13.3 Å². The molecule has 0 fully saturated rings. The summed E-state index contributed by atoms with van der Waals surface area (Å²) < 4.78 is 7.30. The first-order valence-electron chi connectivity index (χ1n) is 6.02. The molecule has 1 aromatic heterocycles. The molecular weight excluding hydrogens is 226 g/mol. The second-order valence-corrected chi connectivity index (χ2v) is 4.37. The van der Waals surface area contributed by atoms with Gasteiger partial charge in [-0.2, -0.15) is 0 Å². The molecule has 2 rings (SSSR count). The van der Waals surface area contributed by atoms with Gasteiger partial charge in [0.15, 0.2) is 0 Å². The Bertz CT molecular complexity index is 546. The smallest absolute Gasteiger partial charge is 0.121 e. The summed E-state index contributed by atoms with van der Waals surface area (Å²) in [6.45, 7) is 2.66. The van der Waals surface area contributed by atoms with E-state index >= 15 is 0 Å². The van der Waals surface area contributed by atoms with Crippen LogP contribution < -0.4 is 10.5 Å². The van der Waals surface area contributed by atoms with Gasteiger partial charge in [0.1, 0.15) is 5.75 Å². The van der Waals surface area contributed by atoms with Gasteiger partial charge in [-0.3, -0.25) is 0 Å². The molecule has 1 heterocycles. The van der Waals surface area contributed by atoms with Crippen molar-refractivity contribution >= 4 is 0 Å². The summed E-state index contributed by atoms with van der Waals surface area (Å²) in [6.07, 6.45) is 2.66. The SMILES string of the molecule is COc1ccc(-c2ncn(C)c2CCN)cc1C. The van der Waals surface area contributed by atoms with Gasteiger partial charge in [0.05, 0.1) is 19.1 Å². The molecule has 96 valence electrons. The van der Waals surface area contributed by atoms with Crippen LogP contribution in [-0.2, 0) is 13.5 Å². The van der Waals surface area contributed by atoms with Crippen LogP contribution in [-0.4, -0.2) is 23.2 Å². The number of imidazole rings is 1. The van der Waals surface area contributed by atoms with Gasteiger partial charge in [0.25, 0.3) is 0 Å². The Labute approximate surface area is 107 Å². The van der Waals surface area contributed by atoms with Crippen molar-refractivity contribution in [3.8, 4) is 17.0 Å². The fraction of sp³-hybridized carbons (Fsp3) is 0.357. The fourth-order valence-corrected chi connectivity index (χ4v) is 2.15. The zero-order valence-corrected chi connectivity index (χ0v) is 11.1. The number of hydrogen-bond donors (Lipinski definition) is 1. The topological polar surface area (TPSA) is 53.1 Å². The molecule has 0 aliphatic carbocycles. The summed E-state index contributed by atoms with van der Waals surface area (Å²) in [4.78, 5) is 4.47. The van der Waals surface area contributed by atoms with Crippen LogP contribution in [0.2, 0.25) is 0 Å². The third-order valence-electron chi connectivity index (χ3n) is 3.11. The summed E-state index contributed by atoms with van der Waals surface area (Å²) in [6, 6.07) is 6.11. The van der Waals surface area contributed by atoms with E-state index in [9.17, 15) is 0 Å². The van der Waals surface area contributed by atoms with Crippen molar-refractivity contribution in [1.82, 2.24) is 9.55 Å². The maximum atomic E-state index is 5.65. The Morgan fingerprint density at radius 1 is 1.39 bits per heavy atom. The largest absolute Gasteiger partial charge is 0.496 e. The van der Waals surface area contributed by atoms with E-state index in [0.717, 1.165) is 29.0 Å². The first-order valence-corrected chi connectivity index (χ1v) is 6.02. The number of nitrogens with two attached hydrogens (primary N) is 1. The van der Waals surface area contributed by atoms with Gasteiger partial charge in [-0.15, -0.1) is 0 Å². The first kappa shape index (κ1) is 12.6. The van der Waals surface area contributed by atoms with Gasteiger partial charge >= 0.3 is 0 Å². The highest BCUT2D eigenvalue weighted by Crippen LogP contribution is 2.27. The standard InChI is InChI=1S/C14H19N3O/c1-10-8-11(4-5-13(10)18-3)14-12(6-7-15)17(2)9-16-14/h4-5,8-9H,6-7,15H2,1-3H3. The summed E-state index contributed by atoms with van der Waals surface area (Å²) in [5.74, 6) is 0.898. The number of rotatable bonds is 4. The molecule has 0 saturated carbocycles. The van der Waals surface area contributed by atoms with Crippen LogP contribution >= 0.6 is 0 Å². The highest BCUT2D eigenvalue weighted by atomic mass is 16.5. The van der Waals surface area contributed by atoms with Crippen LogP contribution in [0.4, 0.5) is 0 Å². The lowest BCUT2D eigenvalue weighted by Gasteiger charge is -2.08. The predicted octanol–water partition coefficient (Wildman–Crippen LogP) is 1.91. The summed E-state index contributed by atoms with van der Waals surface area (Å²) >= 11 is 0. The van der Waals surface area contributed by atoms with Crippen LogP contribution in [0.15, 0.2) is 24.5 Å². The average molecular weight is 245 g/mol. The van der Waals surface area contributed by atoms with E-state index in [1.165, 1.54) is 5.69 Å². The number of methoxy groups -OCH3 is 1. The summed E-state index contributed by atoms with van der Waals surface area (Å²) in [5.41, 5.74) is 10.0. The Kier molecular flexibility index (Phi) is 3.67. The zero-order chi connectivity index (χ0) is 13.1. The lowest BCUT2D eigenvalue weighted by atomic mass is 10.1. The van der Waals surface area contributed by atoms with E-state index in [1.807, 2.05) is 37.0 Å². The lowest BCUT2D eigenvalue weighted by Crippen LogP contribution is -2.07. The Balaban J connectivity index is 2.45. The van der Waals surface area contributed by atoms with Crippen molar-refractivity contribution in [3.05, 3.63) is 35.8 Å². The zero-order valence-electron chi connectivity index (χ0n) is 11.1. The van der Waals surface area contributed by atoms with Crippen molar-refractivity contribution in [1.29, 1.82) is 0 Å². The molecule has 0 amide bonds. The highest BCUT2D eigenvalue weighted by Gasteiger charge is 2.11. The number of aryl methyl sites for hydroxylation is 2. The lowest BCUT2D eigenvalue weighted by molar-refractivity contribution is 0.412. The highest BCUT2D eigenvalue weighted by molar-refractivity contribution is 5.64. The normalized spacial score (nSPS) is 10.7. The maximum Gasteiger partial charge on any atom is 0.121 e. The van der Waals surface area contributed by atoms with Gasteiger partial charge in [-0.1, -0.05) is 0 Å². The van der Waals surface area contributed by atoms with E-state index in [-0.39, 0.29) is 0 Å². The monoisotopic (exact) mass is 245 g/mol. The van der Waals surface area contributed by atoms with Crippen molar-refractivity contribution in [3.63, 3.8) is 0 Å². The Morgan fingerprint density at radius 3 is 2.78 bits per heavy atom. The summed E-state index contributed by atoms with van der Waals surface area (Å²) in [5, 5.41) is 0. The van der Waals surface area contributed by atoms with Crippen molar-refractivity contribution in [2.24, 2.45) is 12.8 Å². The molecule has 0 saturated heterocycles. The van der Waals surface area contributed by atoms with E-state index in [0.29, 0.717) is 6.54 Å². The van der Waals surface area contributed by atoms with Gasteiger partial charge in [0, 0.05) is 24.7 Å². The van der Waals surface area contributed by atoms with Gasteiger partial charge in [0.2, 0.25) is 0 Å². The Hall–Kier alpha value is -1.81. The second kappa shape index (κ2) is 5.23. The molecule has 18 heavy (non-hydrogen) atoms. The third kappa shape index (κ3) is 2.24. The Morgan fingerprint density at radius 2 is 2.17 bits per heavy atom. The van der Waals surface area contributed by atoms with Gasteiger partial charge in [-0.25, -0.2) is 4.98 Å². The molecular formula is C14H19N3O. The molecule has 0 unspecified atom stereocenters. The van der Waals surface area contributed by atoms with Gasteiger partial charge in [-0.05, 0) is 37.2 Å². The minimum Gasteiger partial charge on any atom is -0.496 e. The fourth-order valence-electron chi connectivity index (χ4n) is 2.15. The van der Waals surface area contributed by atoms with Crippen LogP contribution in [0.1, 0.15) is 11.3 Å². The van der Waals surface area contributed by atoms with Crippen molar-refractivity contribution < 1.29 is 4.74 Å². The molecule has 4 nitrogen and oxygen atoms in total. The molecule has 0 radical (unpaired) electrons. The third-order valence-corrected chi connectivity index (χ3v) is 3.11. The van der Waals surface area contributed by atoms with E-state index in [1.54, 1.807) is 7.11 Å². The molecule has 0 atom stereocenters. The molecule has 2 aromatic rings. The van der Waals surface area contributed by atoms with E-state index in [2.05, 4.69) is 11.1 Å². The van der Waals surface area contributed by atoms with E-state index < -0.39 is 0 Å². The average Bonchev–Trinajstić information content (AvgIpc) is 2.72. The predicted molar refractivity (Wildman–Crippen MR) is 72.7 cm³/mol. The number of aromatic nitrogens is 2. The molecule has 0 spiro atoms. The number of ether oxygens (including phenoxy) is 1. The molecule has 0 bridgehead atoms. The van der Waals surface area contributed by atoms with E-state index in [4.69, 9.17) is 10.5 Å². The number of nitrogens with zero attached hydrogens (tertiary/aromatic N) is 2. The summed E-state index contributed by atoms with van der Waals surface area (Å²) in [7, 11) is 3.68. The molecule has 0 aliphatic heterocycles. The van der Waals surface area contributed by atoms with Gasteiger partial charge < -0.3 is 15.0 Å². The van der Waals surface area contributed by atoms with Crippen LogP contribution in [0.25, 0.3) is 11.3 Å². The minimum atomic E-state index is 0.627. The molecule has 0 aliphatic rings. The molecule has 1 aromatic carbocycles. The molecule has 2 N–H and O–H groups in total. The van der Waals surface area contributed by atoms with Crippen LogP contribution in [0, 0.1) is 6.92 Å². The minimum absolute atomic E-state index is 0.627. The first-order chi connectivity index (χ1) is 8.67.